The lowest BCUT2D eigenvalue weighted by molar-refractivity contribution is 0.0810. The van der Waals surface area contributed by atoms with E-state index in [0.29, 0.717) is 10.6 Å². The van der Waals surface area contributed by atoms with Gasteiger partial charge in [-0.15, -0.1) is 0 Å². The number of para-hydroxylation sites is 1. The van der Waals surface area contributed by atoms with Crippen molar-refractivity contribution < 1.29 is 14.3 Å². The number of ketones is 1. The molecular formula is C20H20ClNO3. The molecule has 0 saturated carbocycles. The van der Waals surface area contributed by atoms with Gasteiger partial charge in [0.15, 0.2) is 17.3 Å². The molecule has 1 unspecified atom stereocenters. The first-order chi connectivity index (χ1) is 12.2. The highest BCUT2D eigenvalue weighted by Gasteiger charge is 2.28. The van der Waals surface area contributed by atoms with Gasteiger partial charge in [0.25, 0.3) is 0 Å². The second-order valence-corrected chi connectivity index (χ2v) is 7.04. The Balaban J connectivity index is 1.46. The maximum absolute atomic E-state index is 12.8. The van der Waals surface area contributed by atoms with E-state index in [2.05, 4.69) is 11.0 Å². The van der Waals surface area contributed by atoms with Gasteiger partial charge in [-0.1, -0.05) is 35.9 Å². The second kappa shape index (κ2) is 7.06. The van der Waals surface area contributed by atoms with Gasteiger partial charge in [0.1, 0.15) is 0 Å². The predicted octanol–water partition coefficient (Wildman–Crippen LogP) is 4.16. The summed E-state index contributed by atoms with van der Waals surface area (Å²) >= 11 is 6.03. The molecule has 0 radical (unpaired) electrons. The zero-order chi connectivity index (χ0) is 17.2. The molecule has 2 heterocycles. The Kier molecular flexibility index (Phi) is 4.64. The molecule has 0 bridgehead atoms. The van der Waals surface area contributed by atoms with E-state index >= 15 is 0 Å². The van der Waals surface area contributed by atoms with Crippen LogP contribution in [0.2, 0.25) is 5.02 Å². The second-order valence-electron chi connectivity index (χ2n) is 6.60. The van der Waals surface area contributed by atoms with Gasteiger partial charge in [0, 0.05) is 35.2 Å². The van der Waals surface area contributed by atoms with Crippen LogP contribution in [0.5, 0.6) is 11.5 Å². The summed E-state index contributed by atoms with van der Waals surface area (Å²) < 4.78 is 11.0. The van der Waals surface area contributed by atoms with Crippen molar-refractivity contribution in [3.63, 3.8) is 0 Å². The fourth-order valence-corrected chi connectivity index (χ4v) is 3.84. The van der Waals surface area contributed by atoms with E-state index in [1.807, 2.05) is 24.3 Å². The Bertz CT molecular complexity index is 792. The standard InChI is InChI=1S/C20H20ClNO3/c21-17-7-1-4-14(10-17)19(23)15-6-3-9-22(11-15)12-16-5-2-8-18-20(16)25-13-24-18/h1-2,4-5,7-8,10,15H,3,6,9,11-13H2. The first-order valence-corrected chi connectivity index (χ1v) is 8.98. The van der Waals surface area contributed by atoms with Crippen molar-refractivity contribution in [2.24, 2.45) is 5.92 Å². The molecule has 2 aromatic rings. The third-order valence-corrected chi connectivity index (χ3v) is 5.09. The Morgan fingerprint density at radius 1 is 1.20 bits per heavy atom. The van der Waals surface area contributed by atoms with E-state index in [9.17, 15) is 4.79 Å². The zero-order valence-electron chi connectivity index (χ0n) is 13.9. The molecule has 1 saturated heterocycles. The van der Waals surface area contributed by atoms with Crippen LogP contribution in [-0.2, 0) is 6.54 Å². The Labute approximate surface area is 152 Å². The third kappa shape index (κ3) is 3.51. The number of hydrogen-bond donors (Lipinski definition) is 0. The number of hydrogen-bond acceptors (Lipinski definition) is 4. The molecule has 0 N–H and O–H groups in total. The molecule has 4 nitrogen and oxygen atoms in total. The van der Waals surface area contributed by atoms with Gasteiger partial charge < -0.3 is 9.47 Å². The van der Waals surface area contributed by atoms with Crippen LogP contribution in [-0.4, -0.2) is 30.6 Å². The van der Waals surface area contributed by atoms with Crippen molar-refractivity contribution in [2.45, 2.75) is 19.4 Å². The van der Waals surface area contributed by atoms with Gasteiger partial charge in [-0.2, -0.15) is 0 Å². The Morgan fingerprint density at radius 3 is 2.96 bits per heavy atom. The maximum Gasteiger partial charge on any atom is 0.231 e. The number of Topliss-reactive ketones (excluding diaryl/α,β-unsaturated/α-hetero) is 1. The van der Waals surface area contributed by atoms with Crippen molar-refractivity contribution in [1.29, 1.82) is 0 Å². The summed E-state index contributed by atoms with van der Waals surface area (Å²) in [7, 11) is 0. The van der Waals surface area contributed by atoms with Gasteiger partial charge >= 0.3 is 0 Å². The van der Waals surface area contributed by atoms with Crippen molar-refractivity contribution in [1.82, 2.24) is 4.90 Å². The molecule has 2 aliphatic rings. The number of benzene rings is 2. The number of carbonyl (C=O) groups is 1. The lowest BCUT2D eigenvalue weighted by Crippen LogP contribution is -2.38. The average Bonchev–Trinajstić information content (AvgIpc) is 3.11. The normalized spacial score (nSPS) is 19.8. The van der Waals surface area contributed by atoms with Crippen LogP contribution in [0.25, 0.3) is 0 Å². The fourth-order valence-electron chi connectivity index (χ4n) is 3.65. The first kappa shape index (κ1) is 16.4. The van der Waals surface area contributed by atoms with Crippen LogP contribution in [0.1, 0.15) is 28.8 Å². The number of nitrogens with zero attached hydrogens (tertiary/aromatic N) is 1. The highest BCUT2D eigenvalue weighted by Crippen LogP contribution is 2.36. The highest BCUT2D eigenvalue weighted by atomic mass is 35.5. The molecule has 0 amide bonds. The van der Waals surface area contributed by atoms with Gasteiger partial charge in [-0.25, -0.2) is 0 Å². The number of fused-ring (bicyclic) bond motifs is 1. The molecule has 1 fully saturated rings. The molecule has 0 aliphatic carbocycles. The third-order valence-electron chi connectivity index (χ3n) is 4.86. The Morgan fingerprint density at radius 2 is 2.08 bits per heavy atom. The summed E-state index contributed by atoms with van der Waals surface area (Å²) in [5, 5.41) is 0.607. The molecule has 0 spiro atoms. The van der Waals surface area contributed by atoms with Crippen molar-refractivity contribution in [3.8, 4) is 11.5 Å². The molecule has 1 atom stereocenters. The van der Waals surface area contributed by atoms with E-state index in [1.165, 1.54) is 0 Å². The first-order valence-electron chi connectivity index (χ1n) is 8.60. The fraction of sp³-hybridized carbons (Fsp3) is 0.350. The van der Waals surface area contributed by atoms with Gasteiger partial charge in [0.2, 0.25) is 6.79 Å². The van der Waals surface area contributed by atoms with Crippen LogP contribution in [0.4, 0.5) is 0 Å². The number of halogens is 1. The van der Waals surface area contributed by atoms with Crippen molar-refractivity contribution >= 4 is 17.4 Å². The van der Waals surface area contributed by atoms with E-state index in [0.717, 1.165) is 49.5 Å². The number of ether oxygens (including phenoxy) is 2. The van der Waals surface area contributed by atoms with Crippen LogP contribution >= 0.6 is 11.6 Å². The quantitative estimate of drug-likeness (QED) is 0.770. The minimum atomic E-state index is 0.0149. The lowest BCUT2D eigenvalue weighted by Gasteiger charge is -2.32. The predicted molar refractivity (Wildman–Crippen MR) is 96.3 cm³/mol. The largest absolute Gasteiger partial charge is 0.454 e. The van der Waals surface area contributed by atoms with E-state index in [-0.39, 0.29) is 18.5 Å². The van der Waals surface area contributed by atoms with Crippen LogP contribution in [0, 0.1) is 5.92 Å². The molecule has 25 heavy (non-hydrogen) atoms. The molecule has 2 aliphatic heterocycles. The van der Waals surface area contributed by atoms with E-state index < -0.39 is 0 Å². The summed E-state index contributed by atoms with van der Waals surface area (Å²) in [5.74, 6) is 1.85. The summed E-state index contributed by atoms with van der Waals surface area (Å²) in [5.41, 5.74) is 1.82. The highest BCUT2D eigenvalue weighted by molar-refractivity contribution is 6.31. The summed E-state index contributed by atoms with van der Waals surface area (Å²) in [6, 6.07) is 13.2. The molecule has 4 rings (SSSR count). The number of carbonyl (C=O) groups excluding carboxylic acids is 1. The topological polar surface area (TPSA) is 38.8 Å². The van der Waals surface area contributed by atoms with E-state index in [4.69, 9.17) is 21.1 Å². The molecule has 130 valence electrons. The lowest BCUT2D eigenvalue weighted by atomic mass is 9.90. The van der Waals surface area contributed by atoms with Crippen molar-refractivity contribution in [2.75, 3.05) is 19.9 Å². The minimum absolute atomic E-state index is 0.0149. The minimum Gasteiger partial charge on any atom is -0.454 e. The van der Waals surface area contributed by atoms with Gasteiger partial charge in [0.05, 0.1) is 0 Å². The molecule has 2 aromatic carbocycles. The average molecular weight is 358 g/mol. The number of piperidine rings is 1. The van der Waals surface area contributed by atoms with Crippen LogP contribution in [0.15, 0.2) is 42.5 Å². The van der Waals surface area contributed by atoms with E-state index in [1.54, 1.807) is 12.1 Å². The smallest absolute Gasteiger partial charge is 0.231 e. The summed E-state index contributed by atoms with van der Waals surface area (Å²) in [4.78, 5) is 15.1. The van der Waals surface area contributed by atoms with Crippen LogP contribution in [0.3, 0.4) is 0 Å². The van der Waals surface area contributed by atoms with Gasteiger partial charge in [-0.05, 0) is 37.6 Å². The van der Waals surface area contributed by atoms with Crippen LogP contribution < -0.4 is 9.47 Å². The maximum atomic E-state index is 12.8. The monoisotopic (exact) mass is 357 g/mol. The molecular weight excluding hydrogens is 338 g/mol. The molecule has 0 aromatic heterocycles. The summed E-state index contributed by atoms with van der Waals surface area (Å²) in [6.07, 6.45) is 1.94. The zero-order valence-corrected chi connectivity index (χ0v) is 14.7. The Hall–Kier alpha value is -2.04. The number of rotatable bonds is 4. The molecule has 5 heteroatoms. The van der Waals surface area contributed by atoms with Gasteiger partial charge in [-0.3, -0.25) is 9.69 Å². The number of likely N-dealkylation sites (tertiary alicyclic amines) is 1. The SMILES string of the molecule is O=C(c1cccc(Cl)c1)C1CCCN(Cc2cccc3c2OCO3)C1. The summed E-state index contributed by atoms with van der Waals surface area (Å²) in [6.45, 7) is 2.80. The van der Waals surface area contributed by atoms with Crippen molar-refractivity contribution in [3.05, 3.63) is 58.6 Å².